The van der Waals surface area contributed by atoms with Crippen molar-refractivity contribution in [2.75, 3.05) is 13.9 Å². The van der Waals surface area contributed by atoms with Crippen molar-refractivity contribution >= 4 is 8.32 Å². The van der Waals surface area contributed by atoms with Crippen LogP contribution in [0.4, 0.5) is 0 Å². The van der Waals surface area contributed by atoms with Gasteiger partial charge in [-0.1, -0.05) is 27.7 Å². The van der Waals surface area contributed by atoms with Gasteiger partial charge in [-0.05, 0) is 62.1 Å². The molecule has 3 aliphatic carbocycles. The summed E-state index contributed by atoms with van der Waals surface area (Å²) in [4.78, 5) is 0. The zero-order valence-electron chi connectivity index (χ0n) is 16.8. The fourth-order valence-electron chi connectivity index (χ4n) is 6.29. The number of aliphatic hydroxyl groups excluding tert-OH is 1. The molecule has 1 N–H and O–H groups in total. The summed E-state index contributed by atoms with van der Waals surface area (Å²) < 4.78 is 18.7. The standard InChI is InChI=1S/C20H38O4Si/c1-6-25(7-2,8-3)24-20-12-11-18(23-14-22-5)19(20)13-16(19)17(21)10-9-15(20)4/h15-18,21H,6-14H2,1-5H3/t15-,16+,17+,18+,19+,20-/m0/s1. The van der Waals surface area contributed by atoms with Crippen molar-refractivity contribution in [1.29, 1.82) is 0 Å². The molecule has 25 heavy (non-hydrogen) atoms. The van der Waals surface area contributed by atoms with Crippen LogP contribution in [0.2, 0.25) is 18.1 Å². The van der Waals surface area contributed by atoms with E-state index >= 15 is 0 Å². The van der Waals surface area contributed by atoms with E-state index in [1.54, 1.807) is 7.11 Å². The van der Waals surface area contributed by atoms with E-state index < -0.39 is 8.32 Å². The quantitative estimate of drug-likeness (QED) is 0.510. The van der Waals surface area contributed by atoms with Gasteiger partial charge in [-0.2, -0.15) is 0 Å². The fraction of sp³-hybridized carbons (Fsp3) is 1.00. The van der Waals surface area contributed by atoms with Crippen molar-refractivity contribution in [3.63, 3.8) is 0 Å². The Morgan fingerprint density at radius 2 is 1.76 bits per heavy atom. The third-order valence-corrected chi connectivity index (χ3v) is 12.7. The summed E-state index contributed by atoms with van der Waals surface area (Å²) in [6.07, 6.45) is 5.14. The van der Waals surface area contributed by atoms with Crippen LogP contribution in [0.1, 0.15) is 59.8 Å². The number of aliphatic hydroxyl groups is 1. The third-order valence-electron chi connectivity index (χ3n) is 8.07. The summed E-state index contributed by atoms with van der Waals surface area (Å²) in [6.45, 7) is 9.66. The molecule has 3 aliphatic rings. The second kappa shape index (κ2) is 7.23. The minimum Gasteiger partial charge on any atom is -0.410 e. The molecule has 0 bridgehead atoms. The van der Waals surface area contributed by atoms with E-state index in [1.165, 1.54) is 18.1 Å². The van der Waals surface area contributed by atoms with Crippen molar-refractivity contribution in [2.24, 2.45) is 17.3 Å². The van der Waals surface area contributed by atoms with Gasteiger partial charge in [0.2, 0.25) is 0 Å². The van der Waals surface area contributed by atoms with Crippen LogP contribution in [0, 0.1) is 17.3 Å². The molecule has 4 nitrogen and oxygen atoms in total. The smallest absolute Gasteiger partial charge is 0.192 e. The molecular weight excluding hydrogens is 332 g/mol. The number of ether oxygens (including phenoxy) is 2. The van der Waals surface area contributed by atoms with Gasteiger partial charge in [0.25, 0.3) is 0 Å². The van der Waals surface area contributed by atoms with Crippen LogP contribution >= 0.6 is 0 Å². The summed E-state index contributed by atoms with van der Waals surface area (Å²) in [7, 11) is -0.0468. The van der Waals surface area contributed by atoms with Crippen molar-refractivity contribution in [1.82, 2.24) is 0 Å². The van der Waals surface area contributed by atoms with Gasteiger partial charge in [0.1, 0.15) is 6.79 Å². The molecule has 0 heterocycles. The maximum absolute atomic E-state index is 10.8. The Bertz CT molecular complexity index is 460. The van der Waals surface area contributed by atoms with Gasteiger partial charge in [-0.25, -0.2) is 0 Å². The number of hydrogen-bond donors (Lipinski definition) is 1. The van der Waals surface area contributed by atoms with Gasteiger partial charge in [-0.3, -0.25) is 0 Å². The lowest BCUT2D eigenvalue weighted by molar-refractivity contribution is -0.129. The van der Waals surface area contributed by atoms with E-state index in [0.717, 1.165) is 32.1 Å². The normalized spacial score (nSPS) is 43.4. The van der Waals surface area contributed by atoms with Crippen LogP contribution in [0.5, 0.6) is 0 Å². The lowest BCUT2D eigenvalue weighted by atomic mass is 9.75. The zero-order chi connectivity index (χ0) is 18.3. The van der Waals surface area contributed by atoms with Crippen LogP contribution in [-0.2, 0) is 13.9 Å². The second-order valence-corrected chi connectivity index (χ2v) is 13.4. The Balaban J connectivity index is 1.98. The van der Waals surface area contributed by atoms with Gasteiger partial charge in [0, 0.05) is 12.5 Å². The first-order chi connectivity index (χ1) is 11.9. The molecule has 146 valence electrons. The summed E-state index contributed by atoms with van der Waals surface area (Å²) in [5.74, 6) is 0.835. The fourth-order valence-corrected chi connectivity index (χ4v) is 9.49. The summed E-state index contributed by atoms with van der Waals surface area (Å²) in [6, 6.07) is 3.55. The highest BCUT2D eigenvalue weighted by atomic mass is 28.4. The Morgan fingerprint density at radius 3 is 2.36 bits per heavy atom. The molecule has 0 unspecified atom stereocenters. The first-order valence-electron chi connectivity index (χ1n) is 10.4. The molecule has 0 saturated heterocycles. The molecule has 3 fully saturated rings. The van der Waals surface area contributed by atoms with Crippen molar-refractivity contribution < 1.29 is 19.0 Å². The molecule has 3 saturated carbocycles. The lowest BCUT2D eigenvalue weighted by Gasteiger charge is -2.48. The predicted octanol–water partition coefficient (Wildman–Crippen LogP) is 4.33. The minimum absolute atomic E-state index is 0.0125. The molecule has 0 amide bonds. The van der Waals surface area contributed by atoms with E-state index in [1.807, 2.05) is 0 Å². The number of methoxy groups -OCH3 is 1. The first-order valence-corrected chi connectivity index (χ1v) is 13.0. The van der Waals surface area contributed by atoms with Crippen LogP contribution in [0.25, 0.3) is 0 Å². The van der Waals surface area contributed by atoms with Crippen molar-refractivity contribution in [3.05, 3.63) is 0 Å². The van der Waals surface area contributed by atoms with Crippen molar-refractivity contribution in [3.8, 4) is 0 Å². The maximum atomic E-state index is 10.8. The Morgan fingerprint density at radius 1 is 1.08 bits per heavy atom. The van der Waals surface area contributed by atoms with E-state index in [2.05, 4.69) is 27.7 Å². The highest BCUT2D eigenvalue weighted by molar-refractivity contribution is 6.73. The third kappa shape index (κ3) is 2.85. The SMILES string of the molecule is CC[Si](CC)(CC)O[C@]12CC[C@@H](OCOC)[C@]13C[C@@H]3[C@H](O)CC[C@@H]2C. The average Bonchev–Trinajstić information content (AvgIpc) is 3.32. The predicted molar refractivity (Wildman–Crippen MR) is 102 cm³/mol. The van der Waals surface area contributed by atoms with Crippen LogP contribution in [0.15, 0.2) is 0 Å². The molecule has 0 aromatic carbocycles. The topological polar surface area (TPSA) is 47.9 Å². The highest BCUT2D eigenvalue weighted by Gasteiger charge is 2.78. The molecular formula is C20H38O4Si. The van der Waals surface area contributed by atoms with E-state index in [4.69, 9.17) is 13.9 Å². The van der Waals surface area contributed by atoms with Gasteiger partial charge >= 0.3 is 0 Å². The average molecular weight is 371 g/mol. The molecule has 5 heteroatoms. The van der Waals surface area contributed by atoms with Crippen LogP contribution < -0.4 is 0 Å². The zero-order valence-corrected chi connectivity index (χ0v) is 17.8. The van der Waals surface area contributed by atoms with E-state index in [9.17, 15) is 5.11 Å². The molecule has 0 aromatic rings. The number of rotatable bonds is 8. The molecule has 1 spiro atoms. The molecule has 0 aromatic heterocycles. The van der Waals surface area contributed by atoms with Gasteiger partial charge in [0.05, 0.1) is 17.8 Å². The monoisotopic (exact) mass is 370 g/mol. The second-order valence-electron chi connectivity index (χ2n) is 8.73. The Hall–Kier alpha value is 0.0569. The molecule has 0 radical (unpaired) electrons. The molecule has 3 rings (SSSR count). The van der Waals surface area contributed by atoms with Gasteiger partial charge in [-0.15, -0.1) is 0 Å². The highest BCUT2D eigenvalue weighted by Crippen LogP contribution is 2.74. The van der Waals surface area contributed by atoms with Gasteiger partial charge in [0.15, 0.2) is 8.32 Å². The minimum atomic E-state index is -1.74. The summed E-state index contributed by atoms with van der Waals surface area (Å²) in [5.41, 5.74) is -0.0829. The maximum Gasteiger partial charge on any atom is 0.192 e. The molecule has 6 atom stereocenters. The van der Waals surface area contributed by atoms with Crippen LogP contribution in [-0.4, -0.2) is 45.1 Å². The van der Waals surface area contributed by atoms with Crippen molar-refractivity contribution in [2.45, 2.75) is 95.7 Å². The summed E-state index contributed by atoms with van der Waals surface area (Å²) in [5, 5.41) is 10.8. The van der Waals surface area contributed by atoms with Crippen LogP contribution in [0.3, 0.4) is 0 Å². The van der Waals surface area contributed by atoms with E-state index in [0.29, 0.717) is 18.6 Å². The Kier molecular flexibility index (Phi) is 5.73. The van der Waals surface area contributed by atoms with E-state index in [-0.39, 0.29) is 23.2 Å². The largest absolute Gasteiger partial charge is 0.410 e. The summed E-state index contributed by atoms with van der Waals surface area (Å²) >= 11 is 0. The first kappa shape index (κ1) is 19.8. The number of hydrogen-bond acceptors (Lipinski definition) is 4. The lowest BCUT2D eigenvalue weighted by Crippen LogP contribution is -2.55. The molecule has 0 aliphatic heterocycles. The van der Waals surface area contributed by atoms with Gasteiger partial charge < -0.3 is 19.0 Å². The Labute approximate surface area is 154 Å².